The zero-order valence-corrected chi connectivity index (χ0v) is 23.1. The van der Waals surface area contributed by atoms with Crippen molar-refractivity contribution < 1.29 is 9.18 Å². The first-order valence-electron chi connectivity index (χ1n) is 13.7. The zero-order valence-electron chi connectivity index (χ0n) is 23.1. The Bertz CT molecular complexity index is 1390. The van der Waals surface area contributed by atoms with Crippen molar-refractivity contribution in [3.8, 4) is 6.07 Å². The van der Waals surface area contributed by atoms with Gasteiger partial charge in [-0.3, -0.25) is 4.79 Å². The number of carbonyl (C=O) groups excluding carboxylic acids is 1. The lowest BCUT2D eigenvalue weighted by molar-refractivity contribution is -0.00613. The molecule has 204 valence electrons. The van der Waals surface area contributed by atoms with Crippen molar-refractivity contribution >= 4 is 17.3 Å². The van der Waals surface area contributed by atoms with E-state index in [1.165, 1.54) is 12.1 Å². The Morgan fingerprint density at radius 3 is 2.38 bits per heavy atom. The molecule has 0 aliphatic heterocycles. The van der Waals surface area contributed by atoms with Crippen LogP contribution in [0.25, 0.3) is 11.3 Å². The van der Waals surface area contributed by atoms with Gasteiger partial charge >= 0.3 is 0 Å². The molecule has 3 aliphatic carbocycles. The third-order valence-corrected chi connectivity index (χ3v) is 8.67. The quantitative estimate of drug-likeness (QED) is 0.340. The van der Waals surface area contributed by atoms with Crippen molar-refractivity contribution in [3.05, 3.63) is 84.1 Å². The van der Waals surface area contributed by atoms with Crippen LogP contribution in [0.15, 0.2) is 61.3 Å². The number of nitrogens with zero attached hydrogens (tertiary/aromatic N) is 4. The molecule has 3 fully saturated rings. The molecule has 8 heteroatoms. The molecule has 3 aliphatic rings. The molecule has 1 amide bonds. The first-order chi connectivity index (χ1) is 18.7. The molecule has 2 bridgehead atoms. The van der Waals surface area contributed by atoms with Gasteiger partial charge in [0.05, 0.1) is 23.7 Å². The van der Waals surface area contributed by atoms with Crippen molar-refractivity contribution in [2.75, 3.05) is 0 Å². The summed E-state index contributed by atoms with van der Waals surface area (Å²) in [5.74, 6) is -0.498. The van der Waals surface area contributed by atoms with Gasteiger partial charge in [-0.15, -0.1) is 0 Å². The third kappa shape index (κ3) is 5.44. The van der Waals surface area contributed by atoms with Gasteiger partial charge in [0.25, 0.3) is 5.91 Å². The molecular weight excluding hydrogens is 491 g/mol. The molecule has 3 aromatic rings. The van der Waals surface area contributed by atoms with Crippen LogP contribution >= 0.6 is 0 Å². The molecule has 2 aromatic heterocycles. The van der Waals surface area contributed by atoms with Crippen LogP contribution in [-0.4, -0.2) is 26.5 Å². The molecule has 2 N–H and O–H groups in total. The fourth-order valence-corrected chi connectivity index (χ4v) is 5.99. The Hall–Kier alpha value is -3.99. The van der Waals surface area contributed by atoms with Gasteiger partial charge in [0.15, 0.2) is 5.65 Å². The Morgan fingerprint density at radius 2 is 1.77 bits per heavy atom. The summed E-state index contributed by atoms with van der Waals surface area (Å²) in [5.41, 5.74) is 3.61. The molecular formula is C31H37FN6O. The van der Waals surface area contributed by atoms with Crippen LogP contribution in [-0.2, 0) is 6.54 Å². The smallest absolute Gasteiger partial charge is 0.270 e. The van der Waals surface area contributed by atoms with E-state index in [1.54, 1.807) is 35.0 Å². The number of halogens is 1. The van der Waals surface area contributed by atoms with Crippen molar-refractivity contribution in [1.29, 1.82) is 5.26 Å². The minimum absolute atomic E-state index is 0.0204. The summed E-state index contributed by atoms with van der Waals surface area (Å²) >= 11 is 0. The molecule has 3 saturated carbocycles. The number of aromatic nitrogens is 3. The van der Waals surface area contributed by atoms with Crippen LogP contribution in [0.3, 0.4) is 0 Å². The lowest BCUT2D eigenvalue weighted by Gasteiger charge is -2.55. The second-order valence-electron chi connectivity index (χ2n) is 10.5. The zero-order chi connectivity index (χ0) is 28.2. The highest BCUT2D eigenvalue weighted by molar-refractivity contribution is 5.94. The van der Waals surface area contributed by atoms with E-state index in [1.807, 2.05) is 13.8 Å². The number of rotatable bonds is 8. The summed E-state index contributed by atoms with van der Waals surface area (Å²) in [6.07, 6.45) is 7.36. The number of fused-ring (bicyclic) bond motifs is 4. The molecule has 2 heterocycles. The monoisotopic (exact) mass is 528 g/mol. The number of allylic oxidation sites excluding steroid dienone is 1. The van der Waals surface area contributed by atoms with E-state index in [-0.39, 0.29) is 28.6 Å². The Morgan fingerprint density at radius 1 is 1.13 bits per heavy atom. The van der Waals surface area contributed by atoms with Crippen LogP contribution in [0, 0.1) is 28.0 Å². The lowest BCUT2D eigenvalue weighted by Crippen LogP contribution is -2.53. The van der Waals surface area contributed by atoms with Crippen molar-refractivity contribution in [3.63, 3.8) is 0 Å². The van der Waals surface area contributed by atoms with Gasteiger partial charge in [-0.25, -0.2) is 13.9 Å². The standard InChI is InChI=1S/C29H31FN6O.C2H6/c1-19(17-31)28-9-12-29(13-10-28,14-11-28)21(3)34-27(37)25-16-24(35-26-8-15-33-36(25)26)20(2)32-18-22-4-6-23(30)7-5-22;1-2/h4-8,15-16,21,32H,1-2,9-14,18H2,3H3,(H,34,37);1-2H3. The molecule has 0 spiro atoms. The molecule has 0 saturated heterocycles. The number of benzene rings is 1. The SMILES string of the molecule is C=C(NCc1ccc(F)cc1)c1cc(C(=O)NC(C)C23CCC(C(=C)C#N)(CC2)CC3)n2nccc2n1.CC. The van der Waals surface area contributed by atoms with E-state index in [0.717, 1.165) is 44.1 Å². The van der Waals surface area contributed by atoms with E-state index >= 15 is 0 Å². The van der Waals surface area contributed by atoms with Crippen LogP contribution in [0.5, 0.6) is 0 Å². The summed E-state index contributed by atoms with van der Waals surface area (Å²) in [4.78, 5) is 18.1. The van der Waals surface area contributed by atoms with E-state index in [9.17, 15) is 14.4 Å². The van der Waals surface area contributed by atoms with Crippen LogP contribution < -0.4 is 10.6 Å². The number of nitrogens with one attached hydrogen (secondary N) is 2. The Balaban J connectivity index is 0.00000172. The first-order valence-corrected chi connectivity index (χ1v) is 13.7. The summed E-state index contributed by atoms with van der Waals surface area (Å²) in [7, 11) is 0. The predicted molar refractivity (Wildman–Crippen MR) is 151 cm³/mol. The third-order valence-electron chi connectivity index (χ3n) is 8.67. The topological polar surface area (TPSA) is 95.1 Å². The maximum absolute atomic E-state index is 13.5. The Labute approximate surface area is 229 Å². The van der Waals surface area contributed by atoms with Crippen LogP contribution in [0.4, 0.5) is 4.39 Å². The van der Waals surface area contributed by atoms with Gasteiger partial charge in [-0.05, 0) is 74.6 Å². The van der Waals surface area contributed by atoms with E-state index in [0.29, 0.717) is 34.8 Å². The van der Waals surface area contributed by atoms with E-state index in [4.69, 9.17) is 0 Å². The highest BCUT2D eigenvalue weighted by Crippen LogP contribution is 2.60. The molecule has 1 atom stereocenters. The van der Waals surface area contributed by atoms with Gasteiger partial charge < -0.3 is 10.6 Å². The fourth-order valence-electron chi connectivity index (χ4n) is 5.99. The van der Waals surface area contributed by atoms with Gasteiger partial charge in [-0.2, -0.15) is 10.4 Å². The van der Waals surface area contributed by atoms with Crippen LogP contribution in [0.2, 0.25) is 0 Å². The van der Waals surface area contributed by atoms with Crippen LogP contribution in [0.1, 0.15) is 81.0 Å². The van der Waals surface area contributed by atoms with E-state index in [2.05, 4.69) is 46.9 Å². The van der Waals surface area contributed by atoms with E-state index < -0.39 is 0 Å². The number of carbonyl (C=O) groups is 1. The summed E-state index contributed by atoms with van der Waals surface area (Å²) < 4.78 is 14.7. The predicted octanol–water partition coefficient (Wildman–Crippen LogP) is 6.19. The molecule has 0 radical (unpaired) electrons. The highest BCUT2D eigenvalue weighted by Gasteiger charge is 2.52. The maximum Gasteiger partial charge on any atom is 0.270 e. The highest BCUT2D eigenvalue weighted by atomic mass is 19.1. The van der Waals surface area contributed by atoms with Crippen molar-refractivity contribution in [2.24, 2.45) is 10.8 Å². The summed E-state index contributed by atoms with van der Waals surface area (Å²) in [6, 6.07) is 11.9. The minimum atomic E-state index is -0.284. The van der Waals surface area contributed by atoms with Gasteiger partial charge in [0, 0.05) is 29.6 Å². The van der Waals surface area contributed by atoms with Gasteiger partial charge in [0.2, 0.25) is 0 Å². The van der Waals surface area contributed by atoms with Gasteiger partial charge in [0.1, 0.15) is 11.5 Å². The summed E-state index contributed by atoms with van der Waals surface area (Å²) in [6.45, 7) is 14.7. The lowest BCUT2D eigenvalue weighted by atomic mass is 9.50. The molecule has 6 rings (SSSR count). The number of nitriles is 1. The minimum Gasteiger partial charge on any atom is -0.380 e. The normalized spacial score (nSPS) is 22.2. The first kappa shape index (κ1) is 28.0. The average molecular weight is 529 g/mol. The van der Waals surface area contributed by atoms with Crippen molar-refractivity contribution in [1.82, 2.24) is 25.2 Å². The Kier molecular flexibility index (Phi) is 8.19. The maximum atomic E-state index is 13.5. The molecule has 39 heavy (non-hydrogen) atoms. The second-order valence-corrected chi connectivity index (χ2v) is 10.5. The largest absolute Gasteiger partial charge is 0.380 e. The van der Waals surface area contributed by atoms with Gasteiger partial charge in [-0.1, -0.05) is 39.1 Å². The number of amides is 1. The average Bonchev–Trinajstić information content (AvgIpc) is 3.46. The van der Waals surface area contributed by atoms with Crippen molar-refractivity contribution in [2.45, 2.75) is 71.9 Å². The summed E-state index contributed by atoms with van der Waals surface area (Å²) in [5, 5.41) is 20.2. The number of hydrogen-bond acceptors (Lipinski definition) is 5. The number of hydrogen-bond donors (Lipinski definition) is 2. The second kappa shape index (κ2) is 11.4. The molecule has 1 unspecified atom stereocenters. The molecule has 7 nitrogen and oxygen atoms in total. The fraction of sp³-hybridized carbons (Fsp3) is 0.419. The molecule has 1 aromatic carbocycles.